The smallest absolute Gasteiger partial charge is 0.410 e. The molecule has 1 saturated heterocycles. The Morgan fingerprint density at radius 1 is 1.09 bits per heavy atom. The molecule has 6 amide bonds. The first kappa shape index (κ1) is 40.2. The summed E-state index contributed by atoms with van der Waals surface area (Å²) in [5.41, 5.74) is -1.65. The topological polar surface area (TPSA) is 201 Å². The first-order chi connectivity index (χ1) is 25.9. The third-order valence-corrected chi connectivity index (χ3v) is 12.3. The van der Waals surface area contributed by atoms with E-state index in [1.54, 1.807) is 39.0 Å². The molecular weight excluding hydrogens is 763 g/mol. The van der Waals surface area contributed by atoms with Gasteiger partial charge in [0, 0.05) is 31.0 Å². The van der Waals surface area contributed by atoms with Gasteiger partial charge in [0.25, 0.3) is 5.91 Å². The predicted molar refractivity (Wildman–Crippen MR) is 194 cm³/mol. The van der Waals surface area contributed by atoms with Gasteiger partial charge in [-0.2, -0.15) is 0 Å². The highest BCUT2D eigenvalue weighted by atomic mass is 35.5. The number of hydrogen-bond acceptors (Lipinski definition) is 10. The van der Waals surface area contributed by atoms with E-state index in [1.165, 1.54) is 21.9 Å². The highest BCUT2D eigenvalue weighted by Crippen LogP contribution is 2.46. The maximum absolute atomic E-state index is 14.6. The van der Waals surface area contributed by atoms with Crippen LogP contribution in [0.4, 0.5) is 14.0 Å². The van der Waals surface area contributed by atoms with E-state index in [2.05, 4.69) is 15.4 Å². The average molecular weight is 809 g/mol. The standard InChI is InChI=1S/C36H46ClFN6O10S/c1-35(2,3)54-33(49)39-27-20-42(29(45)16-37)13-6-4-5-9-22-15-36(22,32(48)41-55(51,52)24-11-12-24)40-30(46)28-14-23(18-44(28)31(27)47)53-34(50)43-17-21-8-7-10-26(38)25(21)19-43/h5,7-10,22-24,27-28H,4,6,11-20H2,1-3H3,(H,39,49)(H,40,46)(H,41,48)/b9-5-/t22-,23+,27?,28-,36+/m0/s1. The van der Waals surface area contributed by atoms with Gasteiger partial charge in [-0.15, -0.1) is 11.6 Å². The number of sulfonamides is 1. The highest BCUT2D eigenvalue weighted by molar-refractivity contribution is 7.91. The largest absolute Gasteiger partial charge is 0.444 e. The molecule has 2 aliphatic carbocycles. The van der Waals surface area contributed by atoms with Gasteiger partial charge in [0.15, 0.2) is 0 Å². The minimum Gasteiger partial charge on any atom is -0.444 e. The third-order valence-electron chi connectivity index (χ3n) is 10.3. The zero-order valence-corrected chi connectivity index (χ0v) is 32.4. The number of allylic oxidation sites excluding steroid dienone is 1. The quantitative estimate of drug-likeness (QED) is 0.282. The van der Waals surface area contributed by atoms with Gasteiger partial charge < -0.3 is 29.9 Å². The van der Waals surface area contributed by atoms with Crippen LogP contribution in [0.2, 0.25) is 0 Å². The second kappa shape index (κ2) is 15.6. The molecule has 0 radical (unpaired) electrons. The summed E-state index contributed by atoms with van der Waals surface area (Å²) in [7, 11) is -3.98. The lowest BCUT2D eigenvalue weighted by atomic mass is 10.1. The lowest BCUT2D eigenvalue weighted by Gasteiger charge is -2.33. The number of halogens is 2. The Hall–Kier alpha value is -4.45. The number of amides is 6. The molecule has 0 aromatic heterocycles. The van der Waals surface area contributed by atoms with E-state index in [0.29, 0.717) is 36.8 Å². The fourth-order valence-corrected chi connectivity index (χ4v) is 8.72. The van der Waals surface area contributed by atoms with Crippen LogP contribution in [0.15, 0.2) is 30.4 Å². The molecule has 3 heterocycles. The molecule has 0 bridgehead atoms. The number of carbonyl (C=O) groups is 6. The van der Waals surface area contributed by atoms with E-state index >= 15 is 0 Å². The molecule has 2 saturated carbocycles. The van der Waals surface area contributed by atoms with Gasteiger partial charge in [-0.3, -0.25) is 28.8 Å². The zero-order chi connectivity index (χ0) is 39.9. The number of fused-ring (bicyclic) bond motifs is 3. The molecule has 19 heteroatoms. The summed E-state index contributed by atoms with van der Waals surface area (Å²) in [6.45, 7) is 4.37. The van der Waals surface area contributed by atoms with Gasteiger partial charge in [-0.25, -0.2) is 22.4 Å². The predicted octanol–water partition coefficient (Wildman–Crippen LogP) is 2.04. The Morgan fingerprint density at radius 3 is 2.51 bits per heavy atom. The van der Waals surface area contributed by atoms with Gasteiger partial charge in [-0.1, -0.05) is 24.3 Å². The summed E-state index contributed by atoms with van der Waals surface area (Å²) in [5, 5.41) is 4.57. The average Bonchev–Trinajstić information content (AvgIpc) is 3.99. The van der Waals surface area contributed by atoms with Crippen molar-refractivity contribution in [1.29, 1.82) is 0 Å². The van der Waals surface area contributed by atoms with E-state index in [4.69, 9.17) is 21.1 Å². The summed E-state index contributed by atoms with van der Waals surface area (Å²) < 4.78 is 53.4. The molecule has 1 unspecified atom stereocenters. The molecule has 1 aromatic carbocycles. The summed E-state index contributed by atoms with van der Waals surface area (Å²) in [6, 6.07) is 1.68. The number of hydrogen-bond donors (Lipinski definition) is 3. The SMILES string of the molecule is CC(C)(C)OC(=O)NC1CN(C(=O)CCl)CCC/C=C\[C@H]2C[C@@]2(C(=O)NS(=O)(=O)C2CC2)NC(=O)[C@@H]2C[C@@H](OC(=O)N3Cc4cccc(F)c4C3)CN2C1=O. The number of alkyl carbamates (subject to hydrolysis) is 1. The second-order valence-corrected chi connectivity index (χ2v) is 17.9. The van der Waals surface area contributed by atoms with Crippen LogP contribution in [-0.2, 0) is 51.8 Å². The van der Waals surface area contributed by atoms with Crippen molar-refractivity contribution in [3.8, 4) is 0 Å². The minimum absolute atomic E-state index is 0.0528. The van der Waals surface area contributed by atoms with Crippen molar-refractivity contribution in [1.82, 2.24) is 30.1 Å². The van der Waals surface area contributed by atoms with Crippen molar-refractivity contribution in [2.75, 3.05) is 25.5 Å². The van der Waals surface area contributed by atoms with Crippen LogP contribution in [-0.4, -0.2) is 119 Å². The van der Waals surface area contributed by atoms with Crippen molar-refractivity contribution < 1.29 is 51.0 Å². The van der Waals surface area contributed by atoms with Gasteiger partial charge in [0.2, 0.25) is 27.7 Å². The normalized spacial score (nSPS) is 27.7. The van der Waals surface area contributed by atoms with Gasteiger partial charge >= 0.3 is 12.2 Å². The Labute approximate surface area is 323 Å². The lowest BCUT2D eigenvalue weighted by molar-refractivity contribution is -0.142. The Kier molecular flexibility index (Phi) is 11.4. The monoisotopic (exact) mass is 808 g/mol. The van der Waals surface area contributed by atoms with Gasteiger partial charge in [-0.05, 0) is 64.5 Å². The summed E-state index contributed by atoms with van der Waals surface area (Å²) in [4.78, 5) is 85.8. The second-order valence-electron chi connectivity index (χ2n) is 15.7. The molecule has 3 aliphatic heterocycles. The molecule has 1 aromatic rings. The molecule has 55 heavy (non-hydrogen) atoms. The van der Waals surface area contributed by atoms with Crippen LogP contribution < -0.4 is 15.4 Å². The van der Waals surface area contributed by atoms with Gasteiger partial charge in [0.05, 0.1) is 24.9 Å². The van der Waals surface area contributed by atoms with Crippen molar-refractivity contribution in [2.45, 2.75) is 107 Å². The number of nitrogens with one attached hydrogen (secondary N) is 3. The van der Waals surface area contributed by atoms with Crippen molar-refractivity contribution in [3.63, 3.8) is 0 Å². The molecular formula is C36H46ClFN6O10S. The van der Waals surface area contributed by atoms with Crippen LogP contribution >= 0.6 is 11.6 Å². The van der Waals surface area contributed by atoms with E-state index < -0.39 is 98.0 Å². The fraction of sp³-hybridized carbons (Fsp3) is 0.611. The zero-order valence-electron chi connectivity index (χ0n) is 30.8. The molecule has 3 N–H and O–H groups in total. The number of ether oxygens (including phenoxy) is 2. The Morgan fingerprint density at radius 2 is 1.84 bits per heavy atom. The van der Waals surface area contributed by atoms with Crippen molar-refractivity contribution in [2.24, 2.45) is 5.92 Å². The number of nitrogens with zero attached hydrogens (tertiary/aromatic N) is 3. The molecule has 16 nitrogen and oxygen atoms in total. The molecule has 3 fully saturated rings. The van der Waals surface area contributed by atoms with Crippen LogP contribution in [0.25, 0.3) is 0 Å². The van der Waals surface area contributed by atoms with Crippen molar-refractivity contribution in [3.05, 3.63) is 47.3 Å². The molecule has 6 rings (SSSR count). The van der Waals surface area contributed by atoms with E-state index in [0.717, 1.165) is 4.90 Å². The minimum atomic E-state index is -3.98. The molecule has 5 atom stereocenters. The maximum Gasteiger partial charge on any atom is 0.410 e. The summed E-state index contributed by atoms with van der Waals surface area (Å²) in [5.74, 6) is -4.53. The summed E-state index contributed by atoms with van der Waals surface area (Å²) >= 11 is 5.94. The van der Waals surface area contributed by atoms with Crippen LogP contribution in [0.5, 0.6) is 0 Å². The molecule has 5 aliphatic rings. The highest BCUT2D eigenvalue weighted by Gasteiger charge is 2.62. The van der Waals surface area contributed by atoms with Crippen LogP contribution in [0, 0.1) is 11.7 Å². The first-order valence-corrected chi connectivity index (χ1v) is 20.4. The van der Waals surface area contributed by atoms with Gasteiger partial charge in [0.1, 0.15) is 41.0 Å². The summed E-state index contributed by atoms with van der Waals surface area (Å²) in [6.07, 6.45) is 2.10. The van der Waals surface area contributed by atoms with E-state index in [-0.39, 0.29) is 45.6 Å². The molecule has 300 valence electrons. The first-order valence-electron chi connectivity index (χ1n) is 18.3. The van der Waals surface area contributed by atoms with E-state index in [1.807, 2.05) is 0 Å². The Balaban J connectivity index is 1.31. The molecule has 0 spiro atoms. The maximum atomic E-state index is 14.6. The van der Waals surface area contributed by atoms with Crippen LogP contribution in [0.3, 0.4) is 0 Å². The number of carbonyl (C=O) groups excluding carboxylic acids is 6. The number of benzene rings is 1. The fourth-order valence-electron chi connectivity index (χ4n) is 7.19. The Bertz CT molecular complexity index is 1890. The number of alkyl halides is 1. The lowest BCUT2D eigenvalue weighted by Crippen LogP contribution is -2.60. The van der Waals surface area contributed by atoms with Crippen molar-refractivity contribution >= 4 is 57.4 Å². The number of rotatable bonds is 6. The third kappa shape index (κ3) is 9.17. The van der Waals surface area contributed by atoms with Crippen LogP contribution in [0.1, 0.15) is 70.4 Å². The van der Waals surface area contributed by atoms with E-state index in [9.17, 15) is 41.6 Å².